The maximum atomic E-state index is 13.3. The molecule has 3 aromatic rings. The van der Waals surface area contributed by atoms with Gasteiger partial charge in [0.2, 0.25) is 0 Å². The van der Waals surface area contributed by atoms with Gasteiger partial charge in [-0.2, -0.15) is 5.10 Å². The van der Waals surface area contributed by atoms with Crippen LogP contribution >= 0.6 is 27.7 Å². The summed E-state index contributed by atoms with van der Waals surface area (Å²) in [5.41, 5.74) is 1.28. The van der Waals surface area contributed by atoms with Crippen LogP contribution in [-0.2, 0) is 11.3 Å². The van der Waals surface area contributed by atoms with E-state index in [1.807, 2.05) is 18.2 Å². The van der Waals surface area contributed by atoms with E-state index in [1.54, 1.807) is 49.8 Å². The number of amidine groups is 1. The fourth-order valence-electron chi connectivity index (χ4n) is 3.35. The Kier molecular flexibility index (Phi) is 8.73. The average Bonchev–Trinajstić information content (AvgIpc) is 3.49. The highest BCUT2D eigenvalue weighted by molar-refractivity contribution is 9.10. The van der Waals surface area contributed by atoms with Crippen molar-refractivity contribution < 1.29 is 23.8 Å². The summed E-state index contributed by atoms with van der Waals surface area (Å²) in [6.07, 6.45) is 4.77. The molecule has 192 valence electrons. The molecule has 4 rings (SSSR count). The number of benzene rings is 2. The van der Waals surface area contributed by atoms with Gasteiger partial charge in [-0.05, 0) is 71.8 Å². The molecular weight excluding hydrogens is 558 g/mol. The first kappa shape index (κ1) is 26.6. The molecule has 0 radical (unpaired) electrons. The van der Waals surface area contributed by atoms with Crippen molar-refractivity contribution in [2.24, 2.45) is 16.1 Å². The van der Waals surface area contributed by atoms with Crippen molar-refractivity contribution in [3.63, 3.8) is 0 Å². The number of thioether (sulfide) groups is 1. The van der Waals surface area contributed by atoms with Crippen molar-refractivity contribution in [2.75, 3.05) is 13.7 Å². The van der Waals surface area contributed by atoms with Crippen LogP contribution < -0.4 is 9.47 Å². The Balaban J connectivity index is 1.61. The Morgan fingerprint density at radius 1 is 1.19 bits per heavy atom. The lowest BCUT2D eigenvalue weighted by Gasteiger charge is -2.13. The minimum Gasteiger partial charge on any atom is -0.507 e. The lowest BCUT2D eigenvalue weighted by atomic mass is 10.1. The maximum absolute atomic E-state index is 13.3. The Morgan fingerprint density at radius 2 is 2.03 bits per heavy atom. The van der Waals surface area contributed by atoms with Gasteiger partial charge in [-0.3, -0.25) is 9.69 Å². The Morgan fingerprint density at radius 3 is 2.76 bits per heavy atom. The second-order valence-corrected chi connectivity index (χ2v) is 10.5. The van der Waals surface area contributed by atoms with Crippen molar-refractivity contribution in [3.05, 3.63) is 81.1 Å². The predicted octanol–water partition coefficient (Wildman–Crippen LogP) is 6.30. The summed E-state index contributed by atoms with van der Waals surface area (Å²) >= 11 is 4.58. The van der Waals surface area contributed by atoms with Gasteiger partial charge in [-0.1, -0.05) is 35.8 Å². The number of phenolic OH excluding ortho intramolecular Hbond substituents is 1. The fourth-order valence-corrected chi connectivity index (χ4v) is 4.66. The zero-order valence-corrected chi connectivity index (χ0v) is 23.0. The smallest absolute Gasteiger partial charge is 0.267 e. The number of nitrogens with zero attached hydrogens (tertiary/aromatic N) is 3. The molecule has 1 aliphatic heterocycles. The summed E-state index contributed by atoms with van der Waals surface area (Å²) in [7, 11) is 1.58. The second kappa shape index (κ2) is 12.2. The van der Waals surface area contributed by atoms with E-state index in [-0.39, 0.29) is 18.2 Å². The fraction of sp³-hybridized carbons (Fsp3) is 0.222. The van der Waals surface area contributed by atoms with Crippen LogP contribution in [0.5, 0.6) is 17.2 Å². The van der Waals surface area contributed by atoms with Gasteiger partial charge in [0.15, 0.2) is 16.7 Å². The second-order valence-electron chi connectivity index (χ2n) is 8.53. The van der Waals surface area contributed by atoms with Gasteiger partial charge in [0.1, 0.15) is 11.5 Å². The number of carbonyl (C=O) groups is 1. The van der Waals surface area contributed by atoms with Gasteiger partial charge in [-0.25, -0.2) is 0 Å². The SMILES string of the molecule is COc1cc(/C=C2\S/C(=N\N=C\c3cc(Br)ccc3O)N(Cc3ccco3)C2=O)ccc1OCC(C)C. The number of phenols is 1. The number of hydrogen-bond acceptors (Lipinski definition) is 8. The summed E-state index contributed by atoms with van der Waals surface area (Å²) < 4.78 is 17.6. The van der Waals surface area contributed by atoms with Crippen LogP contribution in [0.3, 0.4) is 0 Å². The molecule has 1 fully saturated rings. The van der Waals surface area contributed by atoms with Gasteiger partial charge >= 0.3 is 0 Å². The van der Waals surface area contributed by atoms with Crippen molar-refractivity contribution in [1.82, 2.24) is 4.90 Å². The van der Waals surface area contributed by atoms with Crippen LogP contribution in [-0.4, -0.2) is 41.0 Å². The molecule has 37 heavy (non-hydrogen) atoms. The highest BCUT2D eigenvalue weighted by atomic mass is 79.9. The highest BCUT2D eigenvalue weighted by Crippen LogP contribution is 2.36. The van der Waals surface area contributed by atoms with Crippen molar-refractivity contribution in [1.29, 1.82) is 0 Å². The number of ether oxygens (including phenoxy) is 2. The number of aromatic hydroxyl groups is 1. The molecule has 0 aliphatic carbocycles. The van der Waals surface area contributed by atoms with E-state index in [1.165, 1.54) is 22.9 Å². The van der Waals surface area contributed by atoms with Gasteiger partial charge in [-0.15, -0.1) is 5.10 Å². The molecule has 0 saturated carbocycles. The molecule has 10 heteroatoms. The van der Waals surface area contributed by atoms with Crippen LogP contribution in [0.25, 0.3) is 6.08 Å². The van der Waals surface area contributed by atoms with Crippen LogP contribution in [0, 0.1) is 5.92 Å². The predicted molar refractivity (Wildman–Crippen MR) is 149 cm³/mol. The van der Waals surface area contributed by atoms with Crippen LogP contribution in [0.1, 0.15) is 30.7 Å². The van der Waals surface area contributed by atoms with E-state index in [2.05, 4.69) is 40.0 Å². The molecule has 0 spiro atoms. The van der Waals surface area contributed by atoms with Gasteiger partial charge in [0, 0.05) is 10.0 Å². The van der Waals surface area contributed by atoms with E-state index in [4.69, 9.17) is 13.9 Å². The number of amides is 1. The topological polar surface area (TPSA) is 96.9 Å². The Labute approximate surface area is 227 Å². The number of halogens is 1. The molecule has 1 N–H and O–H groups in total. The Hall–Kier alpha value is -3.50. The van der Waals surface area contributed by atoms with E-state index in [9.17, 15) is 9.90 Å². The number of methoxy groups -OCH3 is 1. The van der Waals surface area contributed by atoms with E-state index < -0.39 is 0 Å². The summed E-state index contributed by atoms with van der Waals surface area (Å²) in [4.78, 5) is 15.3. The zero-order chi connectivity index (χ0) is 26.4. The number of hydrogen-bond donors (Lipinski definition) is 1. The highest BCUT2D eigenvalue weighted by Gasteiger charge is 2.34. The molecule has 2 heterocycles. The quantitative estimate of drug-likeness (QED) is 0.180. The lowest BCUT2D eigenvalue weighted by molar-refractivity contribution is -0.122. The van der Waals surface area contributed by atoms with E-state index in [0.29, 0.717) is 45.4 Å². The number of carbonyl (C=O) groups excluding carboxylic acids is 1. The first-order valence-electron chi connectivity index (χ1n) is 11.5. The van der Waals surface area contributed by atoms with E-state index >= 15 is 0 Å². The summed E-state index contributed by atoms with van der Waals surface area (Å²) in [6.45, 7) is 4.93. The summed E-state index contributed by atoms with van der Waals surface area (Å²) in [6, 6.07) is 14.1. The molecule has 0 bridgehead atoms. The van der Waals surface area contributed by atoms with Gasteiger partial charge in [0.05, 0.1) is 37.6 Å². The monoisotopic (exact) mass is 583 g/mol. The minimum atomic E-state index is -0.222. The standard InChI is InChI=1S/C27H26BrN3O5S/c1-17(2)16-36-23-9-6-18(11-24(23)34-3)12-25-26(33)31(15-21-5-4-10-35-21)27(37-25)30-29-14-19-13-20(28)7-8-22(19)32/h4-14,17,32H,15-16H2,1-3H3/b25-12-,29-14+,30-27-. The van der Waals surface area contributed by atoms with Gasteiger partial charge in [0.25, 0.3) is 5.91 Å². The van der Waals surface area contributed by atoms with E-state index in [0.717, 1.165) is 10.0 Å². The molecule has 1 saturated heterocycles. The Bertz CT molecular complexity index is 1350. The molecule has 1 aromatic heterocycles. The maximum Gasteiger partial charge on any atom is 0.267 e. The van der Waals surface area contributed by atoms with Crippen LogP contribution in [0.2, 0.25) is 0 Å². The van der Waals surface area contributed by atoms with Crippen molar-refractivity contribution >= 4 is 51.1 Å². The molecular formula is C27H26BrN3O5S. The first-order valence-corrected chi connectivity index (χ1v) is 13.1. The normalized spacial score (nSPS) is 16.0. The third kappa shape index (κ3) is 6.84. The summed E-state index contributed by atoms with van der Waals surface area (Å²) in [5.74, 6) is 2.09. The van der Waals surface area contributed by atoms with Crippen LogP contribution in [0.15, 0.2) is 78.8 Å². The minimum absolute atomic E-state index is 0.0742. The number of rotatable bonds is 9. The molecule has 1 amide bonds. The zero-order valence-electron chi connectivity index (χ0n) is 20.6. The van der Waals surface area contributed by atoms with Gasteiger partial charge < -0.3 is 19.0 Å². The summed E-state index contributed by atoms with van der Waals surface area (Å²) in [5, 5.41) is 18.9. The average molecular weight is 584 g/mol. The third-order valence-corrected chi connectivity index (χ3v) is 6.66. The largest absolute Gasteiger partial charge is 0.507 e. The first-order chi connectivity index (χ1) is 17.8. The van der Waals surface area contributed by atoms with Crippen molar-refractivity contribution in [3.8, 4) is 17.2 Å². The number of furan rings is 1. The molecule has 1 aliphatic rings. The molecule has 2 aromatic carbocycles. The molecule has 0 unspecified atom stereocenters. The van der Waals surface area contributed by atoms with Crippen molar-refractivity contribution in [2.45, 2.75) is 20.4 Å². The third-order valence-electron chi connectivity index (χ3n) is 5.17. The molecule has 8 nitrogen and oxygen atoms in total. The van der Waals surface area contributed by atoms with Crippen LogP contribution in [0.4, 0.5) is 0 Å². The lowest BCUT2D eigenvalue weighted by Crippen LogP contribution is -2.28. The molecule has 0 atom stereocenters.